The summed E-state index contributed by atoms with van der Waals surface area (Å²) in [5, 5.41) is 0. The van der Waals surface area contributed by atoms with E-state index in [1.807, 2.05) is 19.3 Å². The number of rotatable bonds is 3. The van der Waals surface area contributed by atoms with Crippen LogP contribution in [-0.2, 0) is 9.47 Å². The second kappa shape index (κ2) is 5.42. The van der Waals surface area contributed by atoms with E-state index in [2.05, 4.69) is 21.8 Å². The number of hydrogen-bond donors (Lipinski definition) is 0. The van der Waals surface area contributed by atoms with Gasteiger partial charge in [-0.05, 0) is 19.4 Å². The van der Waals surface area contributed by atoms with Crippen LogP contribution in [0.2, 0.25) is 0 Å². The highest BCUT2D eigenvalue weighted by Crippen LogP contribution is 2.16. The molecule has 2 rings (SSSR count). The molecular weight excluding hydrogens is 218 g/mol. The van der Waals surface area contributed by atoms with Crippen molar-refractivity contribution in [3.63, 3.8) is 0 Å². The Labute approximate surface area is 102 Å². The van der Waals surface area contributed by atoms with Crippen molar-refractivity contribution in [2.75, 3.05) is 31.7 Å². The van der Waals surface area contributed by atoms with Gasteiger partial charge in [0.15, 0.2) is 0 Å². The highest BCUT2D eigenvalue weighted by Gasteiger charge is 2.26. The number of ether oxygens (including phenoxy) is 2. The van der Waals surface area contributed by atoms with Crippen LogP contribution in [0.1, 0.15) is 12.5 Å². The summed E-state index contributed by atoms with van der Waals surface area (Å²) in [4.78, 5) is 10.8. The predicted octanol–water partition coefficient (Wildman–Crippen LogP) is 1.03. The molecule has 0 amide bonds. The predicted molar refractivity (Wildman–Crippen MR) is 65.2 cm³/mol. The largest absolute Gasteiger partial charge is 0.382 e. The normalized spacial score (nSPS) is 25.0. The molecule has 17 heavy (non-hydrogen) atoms. The highest BCUT2D eigenvalue weighted by molar-refractivity contribution is 5.31. The van der Waals surface area contributed by atoms with Crippen LogP contribution in [0.25, 0.3) is 0 Å². The minimum Gasteiger partial charge on any atom is -0.382 e. The van der Waals surface area contributed by atoms with Gasteiger partial charge in [0.05, 0.1) is 18.8 Å². The first kappa shape index (κ1) is 12.3. The molecule has 1 fully saturated rings. The maximum Gasteiger partial charge on any atom is 0.225 e. The molecule has 0 N–H and O–H groups in total. The lowest BCUT2D eigenvalue weighted by atomic mass is 10.2. The fraction of sp³-hybridized carbons (Fsp3) is 0.667. The number of anilines is 1. The number of hydrogen-bond acceptors (Lipinski definition) is 5. The van der Waals surface area contributed by atoms with Crippen molar-refractivity contribution >= 4 is 5.95 Å². The summed E-state index contributed by atoms with van der Waals surface area (Å²) in [7, 11) is 1.69. The Kier molecular flexibility index (Phi) is 3.91. The Morgan fingerprint density at radius 2 is 2.12 bits per heavy atom. The Hall–Kier alpha value is -1.20. The third-order valence-corrected chi connectivity index (χ3v) is 2.73. The summed E-state index contributed by atoms with van der Waals surface area (Å²) in [6.45, 7) is 6.25. The van der Waals surface area contributed by atoms with Gasteiger partial charge in [-0.15, -0.1) is 0 Å². The zero-order valence-electron chi connectivity index (χ0n) is 10.6. The van der Waals surface area contributed by atoms with Crippen molar-refractivity contribution in [2.24, 2.45) is 0 Å². The lowest BCUT2D eigenvalue weighted by Gasteiger charge is -2.36. The fourth-order valence-electron chi connectivity index (χ4n) is 2.04. The molecule has 1 saturated heterocycles. The van der Waals surface area contributed by atoms with Gasteiger partial charge in [0, 0.05) is 32.6 Å². The minimum absolute atomic E-state index is 0.0913. The molecule has 0 saturated carbocycles. The maximum absolute atomic E-state index is 5.78. The van der Waals surface area contributed by atoms with Gasteiger partial charge in [-0.25, -0.2) is 9.97 Å². The van der Waals surface area contributed by atoms with Gasteiger partial charge in [0.2, 0.25) is 5.95 Å². The monoisotopic (exact) mass is 237 g/mol. The number of methoxy groups -OCH3 is 1. The number of morpholine rings is 1. The number of nitrogens with zero attached hydrogens (tertiary/aromatic N) is 3. The van der Waals surface area contributed by atoms with Crippen molar-refractivity contribution in [1.82, 2.24) is 9.97 Å². The average molecular weight is 237 g/mol. The number of aromatic nitrogens is 2. The van der Waals surface area contributed by atoms with E-state index in [1.54, 1.807) is 7.11 Å². The van der Waals surface area contributed by atoms with Crippen LogP contribution in [0, 0.1) is 6.92 Å². The van der Waals surface area contributed by atoms with Crippen LogP contribution in [0.4, 0.5) is 5.95 Å². The quantitative estimate of drug-likeness (QED) is 0.785. The zero-order valence-corrected chi connectivity index (χ0v) is 10.6. The molecular formula is C12H19N3O2. The second-order valence-electron chi connectivity index (χ2n) is 4.49. The smallest absolute Gasteiger partial charge is 0.225 e. The first-order chi connectivity index (χ1) is 8.19. The van der Waals surface area contributed by atoms with Gasteiger partial charge in [-0.1, -0.05) is 0 Å². The number of aryl methyl sites for hydroxylation is 1. The van der Waals surface area contributed by atoms with Gasteiger partial charge in [-0.2, -0.15) is 0 Å². The van der Waals surface area contributed by atoms with E-state index in [-0.39, 0.29) is 12.2 Å². The van der Waals surface area contributed by atoms with Crippen LogP contribution < -0.4 is 4.90 Å². The average Bonchev–Trinajstić information content (AvgIpc) is 2.29. The zero-order chi connectivity index (χ0) is 12.3. The first-order valence-electron chi connectivity index (χ1n) is 5.87. The van der Waals surface area contributed by atoms with Crippen LogP contribution in [0.15, 0.2) is 12.4 Å². The fourth-order valence-corrected chi connectivity index (χ4v) is 2.04. The Balaban J connectivity index is 2.06. The second-order valence-corrected chi connectivity index (χ2v) is 4.49. The van der Waals surface area contributed by atoms with E-state index in [0.717, 1.165) is 24.6 Å². The third kappa shape index (κ3) is 3.14. The lowest BCUT2D eigenvalue weighted by Crippen LogP contribution is -2.48. The molecule has 5 nitrogen and oxygen atoms in total. The molecule has 1 aliphatic rings. The molecule has 1 aliphatic heterocycles. The van der Waals surface area contributed by atoms with Gasteiger partial charge >= 0.3 is 0 Å². The Morgan fingerprint density at radius 3 is 2.76 bits per heavy atom. The third-order valence-electron chi connectivity index (χ3n) is 2.73. The van der Waals surface area contributed by atoms with Crippen LogP contribution >= 0.6 is 0 Å². The first-order valence-corrected chi connectivity index (χ1v) is 5.87. The topological polar surface area (TPSA) is 47.5 Å². The van der Waals surface area contributed by atoms with E-state index >= 15 is 0 Å². The summed E-state index contributed by atoms with van der Waals surface area (Å²) in [5.74, 6) is 0.770. The molecule has 0 radical (unpaired) electrons. The lowest BCUT2D eigenvalue weighted by molar-refractivity contribution is -0.0514. The molecule has 94 valence electrons. The van der Waals surface area contributed by atoms with E-state index < -0.39 is 0 Å². The van der Waals surface area contributed by atoms with Crippen LogP contribution in [0.5, 0.6) is 0 Å². The van der Waals surface area contributed by atoms with Gasteiger partial charge in [-0.3, -0.25) is 0 Å². The standard InChI is InChI=1S/C12H19N3O2/c1-9-4-13-12(14-5-9)15-6-10(2)17-11(7-15)8-16-3/h4-5,10-11H,6-8H2,1-3H3. The molecule has 5 heteroatoms. The SMILES string of the molecule is COCC1CN(c2ncc(C)cn2)CC(C)O1. The van der Waals surface area contributed by atoms with Crippen molar-refractivity contribution < 1.29 is 9.47 Å². The van der Waals surface area contributed by atoms with E-state index in [1.165, 1.54) is 0 Å². The van der Waals surface area contributed by atoms with Gasteiger partial charge < -0.3 is 14.4 Å². The van der Waals surface area contributed by atoms with Crippen molar-refractivity contribution in [2.45, 2.75) is 26.1 Å². The summed E-state index contributed by atoms with van der Waals surface area (Å²) < 4.78 is 10.9. The highest BCUT2D eigenvalue weighted by atomic mass is 16.5. The van der Waals surface area contributed by atoms with Crippen molar-refractivity contribution in [3.05, 3.63) is 18.0 Å². The Bertz CT molecular complexity index is 355. The molecule has 2 unspecified atom stereocenters. The van der Waals surface area contributed by atoms with Crippen LogP contribution in [0.3, 0.4) is 0 Å². The van der Waals surface area contributed by atoms with Gasteiger partial charge in [0.1, 0.15) is 0 Å². The molecule has 2 heterocycles. The van der Waals surface area contributed by atoms with Gasteiger partial charge in [0.25, 0.3) is 0 Å². The van der Waals surface area contributed by atoms with Crippen molar-refractivity contribution in [1.29, 1.82) is 0 Å². The molecule has 0 aliphatic carbocycles. The van der Waals surface area contributed by atoms with Crippen LogP contribution in [-0.4, -0.2) is 49.0 Å². The summed E-state index contributed by atoms with van der Waals surface area (Å²) in [6, 6.07) is 0. The van der Waals surface area contributed by atoms with E-state index in [4.69, 9.17) is 9.47 Å². The van der Waals surface area contributed by atoms with Crippen molar-refractivity contribution in [3.8, 4) is 0 Å². The molecule has 0 bridgehead atoms. The molecule has 2 atom stereocenters. The molecule has 1 aromatic heterocycles. The summed E-state index contributed by atoms with van der Waals surface area (Å²) >= 11 is 0. The molecule has 0 spiro atoms. The minimum atomic E-state index is 0.0913. The molecule has 1 aromatic rings. The summed E-state index contributed by atoms with van der Waals surface area (Å²) in [5.41, 5.74) is 1.07. The Morgan fingerprint density at radius 1 is 1.41 bits per heavy atom. The van der Waals surface area contributed by atoms with E-state index in [0.29, 0.717) is 6.61 Å². The van der Waals surface area contributed by atoms with E-state index in [9.17, 15) is 0 Å². The maximum atomic E-state index is 5.78. The molecule has 0 aromatic carbocycles. The summed E-state index contributed by atoms with van der Waals surface area (Å²) in [6.07, 6.45) is 3.95.